The Bertz CT molecular complexity index is 1150. The van der Waals surface area contributed by atoms with Gasteiger partial charge in [-0.15, -0.1) is 0 Å². The van der Waals surface area contributed by atoms with Crippen LogP contribution in [0, 0.1) is 42.4 Å². The molecule has 2 aromatic rings. The van der Waals surface area contributed by atoms with Crippen molar-refractivity contribution in [2.75, 3.05) is 18.2 Å². The second kappa shape index (κ2) is 7.83. The van der Waals surface area contributed by atoms with Gasteiger partial charge < -0.3 is 4.74 Å². The first kappa shape index (κ1) is 21.1. The molecule has 0 radical (unpaired) electrons. The van der Waals surface area contributed by atoms with Crippen LogP contribution in [0.5, 0.6) is 5.75 Å². The third-order valence-corrected chi connectivity index (χ3v) is 8.04. The predicted molar refractivity (Wildman–Crippen MR) is 127 cm³/mol. The molecule has 2 saturated carbocycles. The zero-order valence-electron chi connectivity index (χ0n) is 19.4. The van der Waals surface area contributed by atoms with E-state index >= 15 is 0 Å². The Kier molecular flexibility index (Phi) is 4.87. The minimum absolute atomic E-state index is 0.0832. The highest BCUT2D eigenvalue weighted by Crippen LogP contribution is 2.65. The number of carbonyl (C=O) groups excluding carboxylic acids is 3. The first-order chi connectivity index (χ1) is 16.5. The molecule has 2 aromatic carbocycles. The summed E-state index contributed by atoms with van der Waals surface area (Å²) in [6.45, 7) is 4.34. The number of rotatable bonds is 6. The van der Waals surface area contributed by atoms with Crippen molar-refractivity contribution in [1.29, 1.82) is 0 Å². The van der Waals surface area contributed by atoms with E-state index < -0.39 is 0 Å². The van der Waals surface area contributed by atoms with Gasteiger partial charge in [0.1, 0.15) is 12.4 Å². The third kappa shape index (κ3) is 3.19. The highest BCUT2D eigenvalue weighted by atomic mass is 16.5. The molecule has 174 valence electrons. The molecule has 1 saturated heterocycles. The molecule has 0 spiro atoms. The number of benzene rings is 2. The molecule has 3 fully saturated rings. The molecule has 6 atom stereocenters. The number of allylic oxidation sites excluding steroid dienone is 2. The van der Waals surface area contributed by atoms with Crippen molar-refractivity contribution >= 4 is 23.4 Å². The maximum absolute atomic E-state index is 13.6. The summed E-state index contributed by atoms with van der Waals surface area (Å²) in [6.07, 6.45) is 5.45. The lowest BCUT2D eigenvalue weighted by molar-refractivity contribution is -0.140. The van der Waals surface area contributed by atoms with E-state index in [1.165, 1.54) is 9.80 Å². The van der Waals surface area contributed by atoms with E-state index in [2.05, 4.69) is 12.2 Å². The molecule has 1 heterocycles. The second-order valence-corrected chi connectivity index (χ2v) is 9.93. The van der Waals surface area contributed by atoms with E-state index in [1.54, 1.807) is 36.4 Å². The average molecular weight is 457 g/mol. The van der Waals surface area contributed by atoms with Crippen LogP contribution in [0.25, 0.3) is 0 Å². The van der Waals surface area contributed by atoms with Gasteiger partial charge in [0, 0.05) is 11.3 Å². The van der Waals surface area contributed by atoms with Gasteiger partial charge >= 0.3 is 0 Å². The highest BCUT2D eigenvalue weighted by Gasteiger charge is 2.67. The normalized spacial score (nSPS) is 30.2. The number of nitrogens with zero attached hydrogens (tertiary/aromatic N) is 2. The van der Waals surface area contributed by atoms with Crippen LogP contribution in [0.3, 0.4) is 0 Å². The molecular formula is C28H28N2O4. The van der Waals surface area contributed by atoms with Gasteiger partial charge in [0.05, 0.1) is 18.4 Å². The zero-order chi connectivity index (χ0) is 23.6. The van der Waals surface area contributed by atoms with Crippen molar-refractivity contribution in [2.45, 2.75) is 20.3 Å². The van der Waals surface area contributed by atoms with Gasteiger partial charge in [-0.1, -0.05) is 29.8 Å². The van der Waals surface area contributed by atoms with Crippen molar-refractivity contribution in [3.05, 3.63) is 71.8 Å². The van der Waals surface area contributed by atoms with Crippen LogP contribution in [-0.2, 0) is 9.59 Å². The largest absolute Gasteiger partial charge is 0.494 e. The first-order valence-corrected chi connectivity index (χ1v) is 12.1. The summed E-state index contributed by atoms with van der Waals surface area (Å²) in [4.78, 5) is 43.5. The van der Waals surface area contributed by atoms with E-state index in [-0.39, 0.29) is 48.1 Å². The number of hydrogen-bond acceptors (Lipinski definition) is 4. The summed E-state index contributed by atoms with van der Waals surface area (Å²) in [7, 11) is 0. The summed E-state index contributed by atoms with van der Waals surface area (Å²) in [5.74, 6) is 1.05. The standard InChI is InChI=1S/C28H28N2O4/c1-3-34-19-10-8-18(9-11-19)29(26(31)17-6-4-16(2)5-7-17)15-30-27(32)24-20-12-13-21(23-14-22(20)23)25(24)28(30)33/h4-13,20-25H,3,14-15H2,1-2H3. The van der Waals surface area contributed by atoms with E-state index in [0.29, 0.717) is 35.4 Å². The van der Waals surface area contributed by atoms with Crippen molar-refractivity contribution < 1.29 is 19.1 Å². The molecule has 7 rings (SSSR count). The number of imide groups is 1. The predicted octanol–water partition coefficient (Wildman–Crippen LogP) is 4.05. The molecule has 3 amide bonds. The summed E-state index contributed by atoms with van der Waals surface area (Å²) >= 11 is 0. The number of ether oxygens (including phenoxy) is 1. The minimum atomic E-state index is -0.275. The van der Waals surface area contributed by atoms with Gasteiger partial charge in [0.25, 0.3) is 5.91 Å². The highest BCUT2D eigenvalue weighted by molar-refractivity contribution is 6.09. The molecule has 2 bridgehead atoms. The number of likely N-dealkylation sites (tertiary alicyclic amines) is 1. The molecule has 6 nitrogen and oxygen atoms in total. The average Bonchev–Trinajstić information content (AvgIpc) is 3.63. The maximum atomic E-state index is 13.6. The van der Waals surface area contributed by atoms with Crippen LogP contribution in [0.4, 0.5) is 5.69 Å². The van der Waals surface area contributed by atoms with Crippen LogP contribution in [-0.4, -0.2) is 35.9 Å². The van der Waals surface area contributed by atoms with Crippen LogP contribution in [0.15, 0.2) is 60.7 Å². The number of anilines is 1. The summed E-state index contributed by atoms with van der Waals surface area (Å²) in [5.41, 5.74) is 2.19. The van der Waals surface area contributed by atoms with E-state index in [1.807, 2.05) is 26.0 Å². The van der Waals surface area contributed by atoms with Gasteiger partial charge in [-0.2, -0.15) is 0 Å². The number of amides is 3. The monoisotopic (exact) mass is 456 g/mol. The van der Waals surface area contributed by atoms with E-state index in [0.717, 1.165) is 12.0 Å². The molecule has 6 unspecified atom stereocenters. The summed E-state index contributed by atoms with van der Waals surface area (Å²) < 4.78 is 5.55. The topological polar surface area (TPSA) is 66.9 Å². The van der Waals surface area contributed by atoms with Gasteiger partial charge in [-0.25, -0.2) is 0 Å². The molecule has 34 heavy (non-hydrogen) atoms. The fraction of sp³-hybridized carbons (Fsp3) is 0.393. The van der Waals surface area contributed by atoms with Crippen molar-refractivity contribution in [1.82, 2.24) is 4.90 Å². The Morgan fingerprint density at radius 3 is 2.09 bits per heavy atom. The lowest BCUT2D eigenvalue weighted by Crippen LogP contribution is -2.45. The third-order valence-electron chi connectivity index (χ3n) is 8.04. The number of hydrogen-bond donors (Lipinski definition) is 0. The molecule has 0 aromatic heterocycles. The van der Waals surface area contributed by atoms with Gasteiger partial charge in [0.15, 0.2) is 0 Å². The summed E-state index contributed by atoms with van der Waals surface area (Å²) in [6, 6.07) is 14.6. The summed E-state index contributed by atoms with van der Waals surface area (Å²) in [5, 5.41) is 0. The van der Waals surface area contributed by atoms with Crippen molar-refractivity contribution in [3.8, 4) is 5.75 Å². The number of carbonyl (C=O) groups is 3. The quantitative estimate of drug-likeness (QED) is 0.486. The van der Waals surface area contributed by atoms with Crippen LogP contribution in [0.2, 0.25) is 0 Å². The fourth-order valence-electron chi connectivity index (χ4n) is 6.30. The first-order valence-electron chi connectivity index (χ1n) is 12.1. The Morgan fingerprint density at radius 2 is 1.53 bits per heavy atom. The van der Waals surface area contributed by atoms with E-state index in [9.17, 15) is 14.4 Å². The molecule has 5 aliphatic rings. The van der Waals surface area contributed by atoms with Crippen molar-refractivity contribution in [2.24, 2.45) is 35.5 Å². The Morgan fingerprint density at radius 1 is 0.941 bits per heavy atom. The minimum Gasteiger partial charge on any atom is -0.494 e. The molecule has 0 N–H and O–H groups in total. The van der Waals surface area contributed by atoms with Gasteiger partial charge in [-0.05, 0) is 80.3 Å². The van der Waals surface area contributed by atoms with Gasteiger partial charge in [-0.3, -0.25) is 24.2 Å². The van der Waals surface area contributed by atoms with Crippen molar-refractivity contribution in [3.63, 3.8) is 0 Å². The van der Waals surface area contributed by atoms with Crippen LogP contribution in [0.1, 0.15) is 29.3 Å². The van der Waals surface area contributed by atoms with Crippen LogP contribution < -0.4 is 9.64 Å². The molecular weight excluding hydrogens is 428 g/mol. The maximum Gasteiger partial charge on any atom is 0.259 e. The lowest BCUT2D eigenvalue weighted by atomic mass is 9.63. The molecule has 4 aliphatic carbocycles. The Balaban J connectivity index is 1.32. The Hall–Kier alpha value is -3.41. The lowest BCUT2D eigenvalue weighted by Gasteiger charge is -2.37. The zero-order valence-corrected chi connectivity index (χ0v) is 19.4. The SMILES string of the molecule is CCOc1ccc(N(CN2C(=O)C3C4C=CC(C5CC45)C3C2=O)C(=O)c2ccc(C)cc2)cc1. The number of aryl methyl sites for hydroxylation is 1. The Labute approximate surface area is 199 Å². The second-order valence-electron chi connectivity index (χ2n) is 9.93. The van der Waals surface area contributed by atoms with Crippen LogP contribution >= 0.6 is 0 Å². The van der Waals surface area contributed by atoms with Gasteiger partial charge in [0.2, 0.25) is 11.8 Å². The molecule has 1 aliphatic heterocycles. The fourth-order valence-corrected chi connectivity index (χ4v) is 6.30. The smallest absolute Gasteiger partial charge is 0.259 e. The van der Waals surface area contributed by atoms with E-state index in [4.69, 9.17) is 4.74 Å². The molecule has 6 heteroatoms.